The first-order chi connectivity index (χ1) is 14.1. The summed E-state index contributed by atoms with van der Waals surface area (Å²) in [6, 6.07) is 16.4. The van der Waals surface area contributed by atoms with Crippen molar-refractivity contribution in [3.63, 3.8) is 0 Å². The Balaban J connectivity index is 1.66. The standard InChI is InChI=1S/C23H27N3O3/c1-4-17(2)18-9-11-20(12-10-18)29-14-13-26-16-19(15-24-25-23(27)28-3)21-7-5-6-8-22(21)26/h5-12,15-17H,4,13-14H2,1-3H3,(H,25,27)/b24-15-/t17-/m1/s1. The van der Waals surface area contributed by atoms with Gasteiger partial charge in [0.2, 0.25) is 0 Å². The SMILES string of the molecule is CC[C@@H](C)c1ccc(OCCn2cc(/C=N\NC(=O)OC)c3ccccc32)cc1. The van der Waals surface area contributed by atoms with Crippen molar-refractivity contribution >= 4 is 23.2 Å². The molecule has 3 rings (SSSR count). The Morgan fingerprint density at radius 1 is 1.21 bits per heavy atom. The van der Waals surface area contributed by atoms with Crippen LogP contribution in [-0.4, -0.2) is 30.6 Å². The first kappa shape index (κ1) is 20.5. The first-order valence-electron chi connectivity index (χ1n) is 9.80. The largest absolute Gasteiger partial charge is 0.492 e. The number of rotatable bonds is 8. The average molecular weight is 393 g/mol. The molecule has 0 unspecified atom stereocenters. The van der Waals surface area contributed by atoms with Crippen molar-refractivity contribution in [2.24, 2.45) is 5.10 Å². The van der Waals surface area contributed by atoms with Crippen molar-refractivity contribution in [3.8, 4) is 5.75 Å². The van der Waals surface area contributed by atoms with Crippen molar-refractivity contribution in [1.29, 1.82) is 0 Å². The lowest BCUT2D eigenvalue weighted by atomic mass is 9.99. The highest BCUT2D eigenvalue weighted by Crippen LogP contribution is 2.22. The molecule has 1 amide bonds. The summed E-state index contributed by atoms with van der Waals surface area (Å²) >= 11 is 0. The van der Waals surface area contributed by atoms with Crippen LogP contribution in [0.25, 0.3) is 10.9 Å². The lowest BCUT2D eigenvalue weighted by Gasteiger charge is -2.11. The number of methoxy groups -OCH3 is 1. The van der Waals surface area contributed by atoms with Crippen LogP contribution in [0.2, 0.25) is 0 Å². The van der Waals surface area contributed by atoms with Gasteiger partial charge in [-0.3, -0.25) is 0 Å². The van der Waals surface area contributed by atoms with Gasteiger partial charge in [0.15, 0.2) is 0 Å². The monoisotopic (exact) mass is 393 g/mol. The first-order valence-corrected chi connectivity index (χ1v) is 9.80. The predicted octanol–water partition coefficient (Wildman–Crippen LogP) is 4.92. The number of nitrogens with one attached hydrogen (secondary N) is 1. The number of aromatic nitrogens is 1. The van der Waals surface area contributed by atoms with Gasteiger partial charge >= 0.3 is 6.09 Å². The molecule has 0 aliphatic rings. The van der Waals surface area contributed by atoms with Crippen LogP contribution < -0.4 is 10.2 Å². The summed E-state index contributed by atoms with van der Waals surface area (Å²) in [5.74, 6) is 1.43. The molecule has 0 saturated heterocycles. The van der Waals surface area contributed by atoms with E-state index < -0.39 is 6.09 Å². The topological polar surface area (TPSA) is 64.8 Å². The predicted molar refractivity (Wildman–Crippen MR) is 116 cm³/mol. The molecule has 0 fully saturated rings. The zero-order valence-electron chi connectivity index (χ0n) is 17.1. The summed E-state index contributed by atoms with van der Waals surface area (Å²) in [6.07, 6.45) is 4.15. The van der Waals surface area contributed by atoms with E-state index in [2.05, 4.69) is 51.9 Å². The number of amides is 1. The van der Waals surface area contributed by atoms with E-state index >= 15 is 0 Å². The fourth-order valence-electron chi connectivity index (χ4n) is 3.15. The lowest BCUT2D eigenvalue weighted by molar-refractivity contribution is 0.171. The number of fused-ring (bicyclic) bond motifs is 1. The van der Waals surface area contributed by atoms with Crippen LogP contribution in [0, 0.1) is 0 Å². The summed E-state index contributed by atoms with van der Waals surface area (Å²) < 4.78 is 12.6. The fraction of sp³-hybridized carbons (Fsp3) is 0.304. The summed E-state index contributed by atoms with van der Waals surface area (Å²) in [5, 5.41) is 5.00. The van der Waals surface area contributed by atoms with Crippen LogP contribution in [0.15, 0.2) is 59.8 Å². The molecule has 0 aliphatic heterocycles. The van der Waals surface area contributed by atoms with Crippen LogP contribution >= 0.6 is 0 Å². The van der Waals surface area contributed by atoms with Crippen LogP contribution in [-0.2, 0) is 11.3 Å². The number of benzene rings is 2. The Kier molecular flexibility index (Phi) is 6.89. The number of hydrogen-bond acceptors (Lipinski definition) is 4. The van der Waals surface area contributed by atoms with Crippen molar-refractivity contribution in [2.45, 2.75) is 32.7 Å². The van der Waals surface area contributed by atoms with Gasteiger partial charge in [0.25, 0.3) is 0 Å². The van der Waals surface area contributed by atoms with Crippen molar-refractivity contribution < 1.29 is 14.3 Å². The normalized spacial score (nSPS) is 12.2. The Morgan fingerprint density at radius 2 is 1.97 bits per heavy atom. The maximum atomic E-state index is 11.2. The van der Waals surface area contributed by atoms with E-state index in [4.69, 9.17) is 4.74 Å². The Hall–Kier alpha value is -3.28. The molecule has 1 N–H and O–H groups in total. The number of nitrogens with zero attached hydrogens (tertiary/aromatic N) is 2. The number of ether oxygens (including phenoxy) is 2. The van der Waals surface area contributed by atoms with Gasteiger partial charge in [-0.15, -0.1) is 0 Å². The quantitative estimate of drug-likeness (QED) is 0.436. The maximum absolute atomic E-state index is 11.2. The average Bonchev–Trinajstić information content (AvgIpc) is 3.11. The Bertz CT molecular complexity index is 977. The van der Waals surface area contributed by atoms with Gasteiger partial charge in [-0.2, -0.15) is 5.10 Å². The minimum absolute atomic E-state index is 0.554. The summed E-state index contributed by atoms with van der Waals surface area (Å²) in [6.45, 7) is 5.68. The zero-order chi connectivity index (χ0) is 20.6. The number of carbonyl (C=O) groups excluding carboxylic acids is 1. The summed E-state index contributed by atoms with van der Waals surface area (Å²) in [5.41, 5.74) is 5.64. The van der Waals surface area contributed by atoms with Crippen LogP contribution in [0.3, 0.4) is 0 Å². The molecule has 29 heavy (non-hydrogen) atoms. The van der Waals surface area contributed by atoms with Gasteiger partial charge in [-0.05, 0) is 36.1 Å². The number of hydrogen-bond donors (Lipinski definition) is 1. The van der Waals surface area contributed by atoms with E-state index in [-0.39, 0.29) is 0 Å². The van der Waals surface area contributed by atoms with Crippen LogP contribution in [0.5, 0.6) is 5.75 Å². The van der Waals surface area contributed by atoms with Gasteiger partial charge in [0.05, 0.1) is 19.9 Å². The highest BCUT2D eigenvalue weighted by molar-refractivity contribution is 5.99. The molecule has 0 bridgehead atoms. The minimum atomic E-state index is -0.599. The van der Waals surface area contributed by atoms with Crippen LogP contribution in [0.4, 0.5) is 4.79 Å². The van der Waals surface area contributed by atoms with E-state index in [0.717, 1.165) is 28.6 Å². The second-order valence-electron chi connectivity index (χ2n) is 6.88. The van der Waals surface area contributed by atoms with Gasteiger partial charge in [0.1, 0.15) is 12.4 Å². The van der Waals surface area contributed by atoms with Crippen molar-refractivity contribution in [3.05, 3.63) is 65.9 Å². The number of carbonyl (C=O) groups is 1. The molecule has 0 radical (unpaired) electrons. The third kappa shape index (κ3) is 5.16. The maximum Gasteiger partial charge on any atom is 0.427 e. The van der Waals surface area contributed by atoms with E-state index in [0.29, 0.717) is 19.1 Å². The molecule has 1 atom stereocenters. The molecule has 6 nitrogen and oxygen atoms in total. The van der Waals surface area contributed by atoms with Gasteiger partial charge < -0.3 is 14.0 Å². The van der Waals surface area contributed by atoms with Gasteiger partial charge in [-0.1, -0.05) is 44.2 Å². The third-order valence-corrected chi connectivity index (χ3v) is 5.03. The van der Waals surface area contributed by atoms with Crippen molar-refractivity contribution in [2.75, 3.05) is 13.7 Å². The van der Waals surface area contributed by atoms with E-state index in [1.54, 1.807) is 6.21 Å². The Morgan fingerprint density at radius 3 is 2.69 bits per heavy atom. The molecule has 0 spiro atoms. The van der Waals surface area contributed by atoms with E-state index in [1.165, 1.54) is 12.7 Å². The molecule has 0 aliphatic carbocycles. The van der Waals surface area contributed by atoms with E-state index in [9.17, 15) is 4.79 Å². The summed E-state index contributed by atoms with van der Waals surface area (Å²) in [7, 11) is 1.30. The van der Waals surface area contributed by atoms with E-state index in [1.807, 2.05) is 36.5 Å². The van der Waals surface area contributed by atoms with Gasteiger partial charge in [-0.25, -0.2) is 10.2 Å². The molecule has 0 saturated carbocycles. The smallest absolute Gasteiger partial charge is 0.427 e. The lowest BCUT2D eigenvalue weighted by Crippen LogP contribution is -2.16. The molecule has 152 valence electrons. The molecule has 6 heteroatoms. The molecule has 1 heterocycles. The zero-order valence-corrected chi connectivity index (χ0v) is 17.1. The minimum Gasteiger partial charge on any atom is -0.492 e. The molecular formula is C23H27N3O3. The van der Waals surface area contributed by atoms with Gasteiger partial charge in [0, 0.05) is 22.7 Å². The number of hydrazone groups is 1. The fourth-order valence-corrected chi connectivity index (χ4v) is 3.15. The Labute approximate surface area is 171 Å². The molecule has 3 aromatic rings. The third-order valence-electron chi connectivity index (χ3n) is 5.03. The molecule has 2 aromatic carbocycles. The molecule has 1 aromatic heterocycles. The second-order valence-corrected chi connectivity index (χ2v) is 6.88. The van der Waals surface area contributed by atoms with Crippen molar-refractivity contribution in [1.82, 2.24) is 9.99 Å². The molecular weight excluding hydrogens is 366 g/mol. The highest BCUT2D eigenvalue weighted by atomic mass is 16.5. The second kappa shape index (κ2) is 9.78. The summed E-state index contributed by atoms with van der Waals surface area (Å²) in [4.78, 5) is 11.2. The highest BCUT2D eigenvalue weighted by Gasteiger charge is 2.07. The number of para-hydroxylation sites is 1. The van der Waals surface area contributed by atoms with Crippen LogP contribution in [0.1, 0.15) is 37.3 Å².